The fourth-order valence-electron chi connectivity index (χ4n) is 6.68. The molecule has 32 heavy (non-hydrogen) atoms. The number of nitrogens with one attached hydrogen (secondary N) is 2. The van der Waals surface area contributed by atoms with Gasteiger partial charge in [-0.3, -0.25) is 19.2 Å². The zero-order valence-corrected chi connectivity index (χ0v) is 23.6. The minimum absolute atomic E-state index is 0.196. The fraction of sp³-hybridized carbons (Fsp3) is 0.800. The van der Waals surface area contributed by atoms with Crippen LogP contribution >= 0.6 is 63.7 Å². The molecule has 4 bridgehead atoms. The standard InChI is InChI=1S/C20H26Br4N4O4/c21-11-9-1-3-17(7-9,19(11,23)13(25)29)15(31)27-5-6-28-16(32)18-4-2-10(8-18)12(22)20(18,24)14(26)30/h9-12H,1-8H2,(H2,25,29)(H2,26,30)(H,27,31)(H,28,32). The molecule has 4 amide bonds. The number of hydrogen-bond donors (Lipinski definition) is 4. The van der Waals surface area contributed by atoms with Crippen molar-refractivity contribution < 1.29 is 19.2 Å². The maximum Gasteiger partial charge on any atom is 0.236 e. The van der Waals surface area contributed by atoms with Gasteiger partial charge in [-0.2, -0.15) is 0 Å². The third-order valence-electron chi connectivity index (χ3n) is 8.37. The third-order valence-corrected chi connectivity index (χ3v) is 15.8. The predicted molar refractivity (Wildman–Crippen MR) is 133 cm³/mol. The van der Waals surface area contributed by atoms with E-state index in [1.165, 1.54) is 0 Å². The average Bonchev–Trinajstić information content (AvgIpc) is 3.48. The number of hydrogen-bond acceptors (Lipinski definition) is 4. The number of nitrogens with two attached hydrogens (primary N) is 2. The highest BCUT2D eigenvalue weighted by Gasteiger charge is 2.73. The Hall–Kier alpha value is -0.200. The minimum atomic E-state index is -1.14. The Bertz CT molecular complexity index is 822. The molecule has 4 aliphatic carbocycles. The van der Waals surface area contributed by atoms with E-state index in [0.29, 0.717) is 25.7 Å². The van der Waals surface area contributed by atoms with E-state index >= 15 is 0 Å². The summed E-state index contributed by atoms with van der Waals surface area (Å²) in [7, 11) is 0. The van der Waals surface area contributed by atoms with E-state index < -0.39 is 31.3 Å². The van der Waals surface area contributed by atoms with Crippen LogP contribution in [0.15, 0.2) is 0 Å². The highest BCUT2D eigenvalue weighted by Crippen LogP contribution is 2.66. The maximum absolute atomic E-state index is 13.2. The number of alkyl halides is 4. The molecule has 6 N–H and O–H groups in total. The van der Waals surface area contributed by atoms with Crippen molar-refractivity contribution in [1.82, 2.24) is 10.6 Å². The summed E-state index contributed by atoms with van der Waals surface area (Å²) in [6.45, 7) is 0.407. The van der Waals surface area contributed by atoms with Crippen LogP contribution in [0, 0.1) is 22.7 Å². The number of fused-ring (bicyclic) bond motifs is 4. The first-order chi connectivity index (χ1) is 14.9. The van der Waals surface area contributed by atoms with Gasteiger partial charge in [-0.05, 0) is 50.4 Å². The second-order valence-electron chi connectivity index (χ2n) is 9.64. The Labute approximate surface area is 220 Å². The number of carbonyl (C=O) groups is 4. The summed E-state index contributed by atoms with van der Waals surface area (Å²) in [5.74, 6) is -1.18. The van der Waals surface area contributed by atoms with Gasteiger partial charge in [-0.1, -0.05) is 63.7 Å². The summed E-state index contributed by atoms with van der Waals surface area (Å²) in [5, 5.41) is 5.78. The number of amides is 4. The molecule has 8 unspecified atom stereocenters. The van der Waals surface area contributed by atoms with Crippen molar-refractivity contribution in [3.8, 4) is 0 Å². The summed E-state index contributed by atoms with van der Waals surface area (Å²) >= 11 is 14.2. The summed E-state index contributed by atoms with van der Waals surface area (Å²) < 4.78 is -2.28. The first-order valence-electron chi connectivity index (χ1n) is 10.7. The molecule has 8 nitrogen and oxygen atoms in total. The molecule has 0 heterocycles. The Kier molecular flexibility index (Phi) is 6.37. The van der Waals surface area contributed by atoms with Crippen molar-refractivity contribution in [3.05, 3.63) is 0 Å². The van der Waals surface area contributed by atoms with Gasteiger partial charge in [0.2, 0.25) is 23.6 Å². The highest BCUT2D eigenvalue weighted by atomic mass is 79.9. The minimum Gasteiger partial charge on any atom is -0.368 e. The summed E-state index contributed by atoms with van der Waals surface area (Å²) in [5.41, 5.74) is 9.56. The molecule has 0 spiro atoms. The first kappa shape index (κ1) is 24.9. The van der Waals surface area contributed by atoms with Crippen LogP contribution in [0.3, 0.4) is 0 Å². The molecular formula is C20H26Br4N4O4. The second-order valence-corrected chi connectivity index (χ2v) is 14.1. The average molecular weight is 706 g/mol. The van der Waals surface area contributed by atoms with Crippen molar-refractivity contribution in [2.24, 2.45) is 34.1 Å². The monoisotopic (exact) mass is 702 g/mol. The van der Waals surface area contributed by atoms with Gasteiger partial charge >= 0.3 is 0 Å². The van der Waals surface area contributed by atoms with Crippen molar-refractivity contribution >= 4 is 87.3 Å². The Morgan fingerprint density at radius 3 is 1.41 bits per heavy atom. The van der Waals surface area contributed by atoms with E-state index in [-0.39, 0.29) is 46.4 Å². The van der Waals surface area contributed by atoms with Gasteiger partial charge in [-0.15, -0.1) is 0 Å². The zero-order valence-electron chi connectivity index (χ0n) is 17.3. The van der Waals surface area contributed by atoms with E-state index in [2.05, 4.69) is 74.4 Å². The zero-order chi connectivity index (χ0) is 23.7. The SMILES string of the molecule is NC(=O)C1(Br)C(Br)C2CCC1(C(=O)NCCNC(=O)C13CCC(C1)C(Br)C3(Br)C(N)=O)C2. The molecule has 0 aliphatic heterocycles. The lowest BCUT2D eigenvalue weighted by molar-refractivity contribution is -0.138. The molecule has 0 aromatic heterocycles. The quantitative estimate of drug-likeness (QED) is 0.236. The normalized spacial score (nSPS) is 46.2. The van der Waals surface area contributed by atoms with E-state index in [1.807, 2.05) is 0 Å². The van der Waals surface area contributed by atoms with Crippen LogP contribution in [0.1, 0.15) is 38.5 Å². The Morgan fingerprint density at radius 1 is 0.750 bits per heavy atom. The number of primary amides is 2. The lowest BCUT2D eigenvalue weighted by Gasteiger charge is -2.42. The smallest absolute Gasteiger partial charge is 0.236 e. The molecule has 0 saturated heterocycles. The summed E-state index contributed by atoms with van der Waals surface area (Å²) in [6, 6.07) is 0. The van der Waals surface area contributed by atoms with Crippen LogP contribution in [0.4, 0.5) is 0 Å². The summed E-state index contributed by atoms with van der Waals surface area (Å²) in [4.78, 5) is 50.5. The van der Waals surface area contributed by atoms with Gasteiger partial charge < -0.3 is 22.1 Å². The van der Waals surface area contributed by atoms with Crippen LogP contribution in [0.25, 0.3) is 0 Å². The molecule has 8 atom stereocenters. The molecular weight excluding hydrogens is 680 g/mol. The lowest BCUT2D eigenvalue weighted by Crippen LogP contribution is -2.62. The molecule has 4 fully saturated rings. The second kappa shape index (κ2) is 8.19. The van der Waals surface area contributed by atoms with Crippen LogP contribution < -0.4 is 22.1 Å². The van der Waals surface area contributed by atoms with Crippen LogP contribution in [0.2, 0.25) is 0 Å². The molecule has 178 valence electrons. The molecule has 4 rings (SSSR count). The molecule has 4 aliphatic rings. The van der Waals surface area contributed by atoms with Crippen molar-refractivity contribution in [2.75, 3.05) is 13.1 Å². The first-order valence-corrected chi connectivity index (χ1v) is 14.1. The van der Waals surface area contributed by atoms with E-state index in [1.54, 1.807) is 0 Å². The molecule has 4 saturated carbocycles. The topological polar surface area (TPSA) is 144 Å². The predicted octanol–water partition coefficient (Wildman–Crippen LogP) is 1.58. The van der Waals surface area contributed by atoms with Crippen molar-refractivity contribution in [2.45, 2.75) is 56.8 Å². The molecule has 12 heteroatoms. The van der Waals surface area contributed by atoms with Gasteiger partial charge in [-0.25, -0.2) is 0 Å². The van der Waals surface area contributed by atoms with E-state index in [4.69, 9.17) is 11.5 Å². The van der Waals surface area contributed by atoms with Crippen LogP contribution in [0.5, 0.6) is 0 Å². The summed E-state index contributed by atoms with van der Waals surface area (Å²) in [6.07, 6.45) is 4.01. The Balaban J connectivity index is 1.39. The Morgan fingerprint density at radius 2 is 1.09 bits per heavy atom. The van der Waals surface area contributed by atoms with Crippen molar-refractivity contribution in [3.63, 3.8) is 0 Å². The van der Waals surface area contributed by atoms with Gasteiger partial charge in [0.15, 0.2) is 0 Å². The van der Waals surface area contributed by atoms with Gasteiger partial charge in [0.1, 0.15) is 8.65 Å². The van der Waals surface area contributed by atoms with Crippen LogP contribution in [-0.2, 0) is 19.2 Å². The number of carbonyl (C=O) groups excluding carboxylic acids is 4. The molecule has 0 aromatic rings. The van der Waals surface area contributed by atoms with Gasteiger partial charge in [0.25, 0.3) is 0 Å². The number of rotatable bonds is 7. The number of halogens is 4. The maximum atomic E-state index is 13.2. The van der Waals surface area contributed by atoms with Gasteiger partial charge in [0.05, 0.1) is 10.8 Å². The molecule has 0 aromatic carbocycles. The fourth-order valence-corrected chi connectivity index (χ4v) is 10.7. The van der Waals surface area contributed by atoms with Gasteiger partial charge in [0, 0.05) is 22.7 Å². The lowest BCUT2D eigenvalue weighted by atomic mass is 9.73. The largest absolute Gasteiger partial charge is 0.368 e. The molecule has 0 radical (unpaired) electrons. The van der Waals surface area contributed by atoms with Crippen molar-refractivity contribution in [1.29, 1.82) is 0 Å². The van der Waals surface area contributed by atoms with Crippen LogP contribution in [-0.4, -0.2) is 55.0 Å². The van der Waals surface area contributed by atoms with E-state index in [9.17, 15) is 19.2 Å². The van der Waals surface area contributed by atoms with E-state index in [0.717, 1.165) is 12.8 Å². The highest BCUT2D eigenvalue weighted by molar-refractivity contribution is 9.13. The third kappa shape index (κ3) is 3.00.